The summed E-state index contributed by atoms with van der Waals surface area (Å²) in [4.78, 5) is 10.9. The van der Waals surface area contributed by atoms with Gasteiger partial charge >= 0.3 is 0 Å². The molecule has 1 N–H and O–H groups in total. The lowest BCUT2D eigenvalue weighted by atomic mass is 9.87. The summed E-state index contributed by atoms with van der Waals surface area (Å²) in [5, 5.41) is 12.2. The normalized spacial score (nSPS) is 17.4. The Bertz CT molecular complexity index is 1140. The molecule has 1 atom stereocenters. The maximum atomic E-state index is 10.9. The summed E-state index contributed by atoms with van der Waals surface area (Å²) in [6, 6.07) is 3.68. The fraction of sp³-hybridized carbons (Fsp3) is 0.385. The number of halogens is 2. The number of thioether (sulfide) groups is 1. The fourth-order valence-corrected chi connectivity index (χ4v) is 5.93. The van der Waals surface area contributed by atoms with Crippen LogP contribution in [0.5, 0.6) is 17.2 Å². The number of benzene rings is 2. The van der Waals surface area contributed by atoms with Gasteiger partial charge in [0.2, 0.25) is 0 Å². The second kappa shape index (κ2) is 12.0. The van der Waals surface area contributed by atoms with Crippen molar-refractivity contribution >= 4 is 49.7 Å². The number of aliphatic hydroxyl groups is 1. The van der Waals surface area contributed by atoms with E-state index in [0.717, 1.165) is 67.3 Å². The van der Waals surface area contributed by atoms with Gasteiger partial charge in [0.05, 0.1) is 14.9 Å². The van der Waals surface area contributed by atoms with Gasteiger partial charge in [0.1, 0.15) is 41.1 Å². The molecule has 0 amide bonds. The Hall–Kier alpha value is -1.81. The molecule has 6 nitrogen and oxygen atoms in total. The molecule has 0 saturated heterocycles. The Morgan fingerprint density at radius 3 is 2.49 bits per heavy atom. The Balaban J connectivity index is 1.81. The van der Waals surface area contributed by atoms with Crippen molar-refractivity contribution in [3.8, 4) is 17.2 Å². The summed E-state index contributed by atoms with van der Waals surface area (Å²) in [6.07, 6.45) is 5.02. The summed E-state index contributed by atoms with van der Waals surface area (Å²) >= 11 is 8.10. The maximum Gasteiger partial charge on any atom is 0.147 e. The van der Waals surface area contributed by atoms with Crippen LogP contribution >= 0.6 is 43.6 Å². The van der Waals surface area contributed by atoms with Gasteiger partial charge in [-0.05, 0) is 118 Å². The number of nitrogens with zero attached hydrogens (tertiary/aromatic N) is 1. The highest BCUT2D eigenvalue weighted by Gasteiger charge is 2.36. The molecule has 0 bridgehead atoms. The molecule has 1 aliphatic rings. The third-order valence-corrected chi connectivity index (χ3v) is 7.84. The van der Waals surface area contributed by atoms with E-state index in [1.54, 1.807) is 12.2 Å². The van der Waals surface area contributed by atoms with Crippen molar-refractivity contribution in [3.63, 3.8) is 0 Å². The minimum Gasteiger partial charge on any atom is -0.489 e. The van der Waals surface area contributed by atoms with Crippen LogP contribution in [0.3, 0.4) is 0 Å². The zero-order valence-electron chi connectivity index (χ0n) is 20.2. The first-order valence-electron chi connectivity index (χ1n) is 11.1. The third kappa shape index (κ3) is 6.31. The predicted octanol–water partition coefficient (Wildman–Crippen LogP) is 7.61. The first kappa shape index (κ1) is 27.8. The molecule has 1 unspecified atom stereocenters. The maximum absolute atomic E-state index is 10.9. The van der Waals surface area contributed by atoms with E-state index < -0.39 is 5.60 Å². The molecule has 0 saturated carbocycles. The number of rotatable bonds is 10. The van der Waals surface area contributed by atoms with Gasteiger partial charge < -0.3 is 19.3 Å². The van der Waals surface area contributed by atoms with Crippen LogP contribution in [0.1, 0.15) is 41.2 Å². The first-order chi connectivity index (χ1) is 16.6. The van der Waals surface area contributed by atoms with E-state index in [0.29, 0.717) is 19.0 Å². The molecule has 0 fully saturated rings. The van der Waals surface area contributed by atoms with E-state index in [-0.39, 0.29) is 11.0 Å². The van der Waals surface area contributed by atoms with Crippen LogP contribution in [0.25, 0.3) is 6.08 Å². The fourth-order valence-electron chi connectivity index (χ4n) is 4.07. The Kier molecular flexibility index (Phi) is 9.48. The van der Waals surface area contributed by atoms with Gasteiger partial charge in [0, 0.05) is 5.56 Å². The average Bonchev–Trinajstić information content (AvgIpc) is 2.81. The monoisotopic (exact) mass is 625 g/mol. The van der Waals surface area contributed by atoms with E-state index >= 15 is 0 Å². The summed E-state index contributed by atoms with van der Waals surface area (Å²) in [7, 11) is 0. The topological polar surface area (TPSA) is 77.4 Å². The Morgan fingerprint density at radius 2 is 1.89 bits per heavy atom. The number of fused-ring (bicyclic) bond motifs is 1. The molecule has 2 aromatic carbocycles. The molecule has 35 heavy (non-hydrogen) atoms. The Labute approximate surface area is 227 Å². The van der Waals surface area contributed by atoms with Gasteiger partial charge in [-0.25, -0.2) is 0 Å². The second-order valence-electron chi connectivity index (χ2n) is 8.61. The summed E-state index contributed by atoms with van der Waals surface area (Å²) in [5.74, 6) is 2.25. The van der Waals surface area contributed by atoms with Crippen LogP contribution in [0.4, 0.5) is 0 Å². The lowest BCUT2D eigenvalue weighted by molar-refractivity contribution is 0.0161. The number of aliphatic hydroxyl groups excluding tert-OH is 1. The molecule has 0 aliphatic carbocycles. The molecule has 0 radical (unpaired) electrons. The smallest absolute Gasteiger partial charge is 0.147 e. The van der Waals surface area contributed by atoms with Crippen LogP contribution < -0.4 is 14.2 Å². The SMILES string of the molecule is C=CCOc1c(C)c(C)c2c(c1C)CCC(C)(COc1c(Br)cc(/C=C(/N=O)SCO)cc1Br)O2. The predicted molar refractivity (Wildman–Crippen MR) is 149 cm³/mol. The molecule has 1 aliphatic heterocycles. The average molecular weight is 627 g/mol. The minimum atomic E-state index is -0.510. The summed E-state index contributed by atoms with van der Waals surface area (Å²) < 4.78 is 20.2. The summed E-state index contributed by atoms with van der Waals surface area (Å²) in [6.45, 7) is 12.8. The van der Waals surface area contributed by atoms with Crippen LogP contribution in [0.15, 0.2) is 43.9 Å². The van der Waals surface area contributed by atoms with Crippen molar-refractivity contribution in [2.75, 3.05) is 19.2 Å². The van der Waals surface area contributed by atoms with E-state index in [9.17, 15) is 4.91 Å². The first-order valence-corrected chi connectivity index (χ1v) is 13.7. The van der Waals surface area contributed by atoms with Crippen molar-refractivity contribution in [3.05, 3.63) is 71.5 Å². The molecule has 2 aromatic rings. The Morgan fingerprint density at radius 1 is 1.20 bits per heavy atom. The van der Waals surface area contributed by atoms with Crippen molar-refractivity contribution in [2.45, 2.75) is 46.1 Å². The van der Waals surface area contributed by atoms with Crippen LogP contribution in [0.2, 0.25) is 0 Å². The van der Waals surface area contributed by atoms with E-state index in [1.807, 2.05) is 12.1 Å². The molecule has 3 rings (SSSR count). The van der Waals surface area contributed by atoms with Gasteiger partial charge in [-0.3, -0.25) is 0 Å². The van der Waals surface area contributed by atoms with E-state index in [2.05, 4.69) is 71.3 Å². The second-order valence-corrected chi connectivity index (χ2v) is 11.3. The molecule has 1 heterocycles. The van der Waals surface area contributed by atoms with E-state index in [1.165, 1.54) is 5.56 Å². The highest BCUT2D eigenvalue weighted by Crippen LogP contribution is 2.44. The number of hydrogen-bond donors (Lipinski definition) is 1. The zero-order valence-corrected chi connectivity index (χ0v) is 24.2. The van der Waals surface area contributed by atoms with Gasteiger partial charge in [-0.1, -0.05) is 24.4 Å². The molecule has 0 aromatic heterocycles. The minimum absolute atomic E-state index is 0.195. The van der Waals surface area contributed by atoms with Crippen LogP contribution in [-0.4, -0.2) is 29.9 Å². The van der Waals surface area contributed by atoms with Gasteiger partial charge in [-0.15, -0.1) is 4.91 Å². The number of hydrogen-bond acceptors (Lipinski definition) is 7. The standard InChI is InChI=1S/C26H29Br2NO5S/c1-6-9-32-23-15(2)16(3)24-19(17(23)4)7-8-26(5,34-24)13-33-25-20(27)10-18(11-21(25)28)12-22(29-31)35-14-30/h6,10-12,30H,1,7-9,13-14H2,2-5H3/b22-12-. The van der Waals surface area contributed by atoms with Gasteiger partial charge in [0.15, 0.2) is 0 Å². The quantitative estimate of drug-likeness (QED) is 0.166. The largest absolute Gasteiger partial charge is 0.489 e. The third-order valence-electron chi connectivity index (χ3n) is 6.04. The lowest BCUT2D eigenvalue weighted by Crippen LogP contribution is -2.42. The molecule has 188 valence electrons. The van der Waals surface area contributed by atoms with Crippen molar-refractivity contribution in [1.82, 2.24) is 0 Å². The molecule has 9 heteroatoms. The summed E-state index contributed by atoms with van der Waals surface area (Å²) in [5.41, 5.74) is 4.69. The highest BCUT2D eigenvalue weighted by molar-refractivity contribution is 9.11. The zero-order chi connectivity index (χ0) is 25.8. The van der Waals surface area contributed by atoms with Crippen molar-refractivity contribution in [1.29, 1.82) is 0 Å². The van der Waals surface area contributed by atoms with Gasteiger partial charge in [-0.2, -0.15) is 0 Å². The molecular weight excluding hydrogens is 598 g/mol. The highest BCUT2D eigenvalue weighted by atomic mass is 79.9. The van der Waals surface area contributed by atoms with Gasteiger partial charge in [0.25, 0.3) is 0 Å². The lowest BCUT2D eigenvalue weighted by Gasteiger charge is -2.38. The van der Waals surface area contributed by atoms with Crippen molar-refractivity contribution in [2.24, 2.45) is 5.18 Å². The molecule has 0 spiro atoms. The van der Waals surface area contributed by atoms with Crippen LogP contribution in [0, 0.1) is 25.7 Å². The van der Waals surface area contributed by atoms with Crippen LogP contribution in [-0.2, 0) is 6.42 Å². The number of ether oxygens (including phenoxy) is 3. The van der Waals surface area contributed by atoms with E-state index in [4.69, 9.17) is 19.3 Å². The number of nitroso groups, excluding NO2 is 1. The molecular formula is C26H29Br2NO5S. The van der Waals surface area contributed by atoms with Crippen molar-refractivity contribution < 1.29 is 19.3 Å².